The summed E-state index contributed by atoms with van der Waals surface area (Å²) in [5.41, 5.74) is 6.72. The van der Waals surface area contributed by atoms with Crippen LogP contribution in [-0.2, 0) is 10.2 Å². The van der Waals surface area contributed by atoms with Crippen LogP contribution in [0.3, 0.4) is 0 Å². The monoisotopic (exact) mass is 324 g/mol. The van der Waals surface area contributed by atoms with Crippen LogP contribution in [0.2, 0.25) is 0 Å². The molecule has 1 atom stereocenters. The summed E-state index contributed by atoms with van der Waals surface area (Å²) in [6, 6.07) is 5.17. The number of nitrogens with two attached hydrogens (primary N) is 1. The molecule has 0 aliphatic carbocycles. The zero-order valence-electron chi connectivity index (χ0n) is 12.4. The van der Waals surface area contributed by atoms with Crippen molar-refractivity contribution in [1.29, 1.82) is 0 Å². The van der Waals surface area contributed by atoms with Crippen LogP contribution >= 0.6 is 0 Å². The standard InChI is InChI=1S/C14H20N4O3S/c1-18-7-3-4-10(8-18)9-21-12-6-2-5-11-13(12)14(15)17-22(19,20)16-11/h2,5-6,10,16H,3-4,7-9H2,1H3,(H2,15,17). The minimum Gasteiger partial charge on any atom is -0.492 e. The van der Waals surface area contributed by atoms with E-state index >= 15 is 0 Å². The van der Waals surface area contributed by atoms with Gasteiger partial charge < -0.3 is 15.4 Å². The lowest BCUT2D eigenvalue weighted by atomic mass is 9.99. The van der Waals surface area contributed by atoms with Gasteiger partial charge in [0.05, 0.1) is 17.9 Å². The highest BCUT2D eigenvalue weighted by atomic mass is 32.2. The van der Waals surface area contributed by atoms with Gasteiger partial charge >= 0.3 is 10.2 Å². The zero-order chi connectivity index (χ0) is 15.7. The molecular formula is C14H20N4O3S. The van der Waals surface area contributed by atoms with Crippen LogP contribution in [0, 0.1) is 5.92 Å². The number of nitrogens with zero attached hydrogens (tertiary/aromatic N) is 2. The minimum atomic E-state index is -3.75. The maximum Gasteiger partial charge on any atom is 0.344 e. The fourth-order valence-corrected chi connectivity index (χ4v) is 3.80. The average molecular weight is 324 g/mol. The Labute approximate surface area is 130 Å². The number of hydrogen-bond acceptors (Lipinski definition) is 5. The molecule has 120 valence electrons. The first-order valence-electron chi connectivity index (χ1n) is 7.27. The lowest BCUT2D eigenvalue weighted by Crippen LogP contribution is -2.35. The summed E-state index contributed by atoms with van der Waals surface area (Å²) in [5, 5.41) is 0. The van der Waals surface area contributed by atoms with E-state index < -0.39 is 10.2 Å². The number of piperidine rings is 1. The van der Waals surface area contributed by atoms with Gasteiger partial charge in [-0.2, -0.15) is 8.42 Å². The lowest BCUT2D eigenvalue weighted by Gasteiger charge is -2.30. The molecule has 7 nitrogen and oxygen atoms in total. The third-order valence-electron chi connectivity index (χ3n) is 3.94. The number of amidine groups is 1. The van der Waals surface area contributed by atoms with Crippen molar-refractivity contribution < 1.29 is 13.2 Å². The first-order chi connectivity index (χ1) is 10.4. The van der Waals surface area contributed by atoms with Gasteiger partial charge in [0.15, 0.2) is 5.84 Å². The number of anilines is 1. The fourth-order valence-electron chi connectivity index (χ4n) is 2.95. The van der Waals surface area contributed by atoms with Crippen molar-refractivity contribution in [2.45, 2.75) is 12.8 Å². The van der Waals surface area contributed by atoms with E-state index in [0.29, 0.717) is 29.5 Å². The molecule has 2 aliphatic rings. The Kier molecular flexibility index (Phi) is 3.96. The van der Waals surface area contributed by atoms with Gasteiger partial charge in [-0.25, -0.2) is 0 Å². The van der Waals surface area contributed by atoms with Crippen LogP contribution in [0.25, 0.3) is 0 Å². The Balaban J connectivity index is 1.78. The molecule has 3 N–H and O–H groups in total. The van der Waals surface area contributed by atoms with Crippen molar-refractivity contribution in [2.75, 3.05) is 31.5 Å². The Morgan fingerprint density at radius 1 is 1.50 bits per heavy atom. The van der Waals surface area contributed by atoms with E-state index in [0.717, 1.165) is 19.5 Å². The maximum absolute atomic E-state index is 11.6. The number of hydrogen-bond donors (Lipinski definition) is 2. The summed E-state index contributed by atoms with van der Waals surface area (Å²) in [6.45, 7) is 2.71. The van der Waals surface area contributed by atoms with E-state index in [9.17, 15) is 8.42 Å². The highest BCUT2D eigenvalue weighted by Crippen LogP contribution is 2.31. The molecule has 1 aromatic rings. The van der Waals surface area contributed by atoms with Crippen LogP contribution in [-0.4, -0.2) is 45.9 Å². The Morgan fingerprint density at radius 3 is 3.09 bits per heavy atom. The second-order valence-electron chi connectivity index (χ2n) is 5.81. The van der Waals surface area contributed by atoms with Crippen molar-refractivity contribution in [3.05, 3.63) is 23.8 Å². The summed E-state index contributed by atoms with van der Waals surface area (Å²) < 4.78 is 34.9. The Hall–Kier alpha value is -1.80. The molecule has 0 aromatic heterocycles. The second-order valence-corrected chi connectivity index (χ2v) is 7.15. The third-order valence-corrected chi connectivity index (χ3v) is 4.85. The molecule has 1 aromatic carbocycles. The van der Waals surface area contributed by atoms with E-state index in [2.05, 4.69) is 21.1 Å². The van der Waals surface area contributed by atoms with Gasteiger partial charge in [0.25, 0.3) is 0 Å². The van der Waals surface area contributed by atoms with Crippen LogP contribution in [0.1, 0.15) is 18.4 Å². The van der Waals surface area contributed by atoms with E-state index in [4.69, 9.17) is 10.5 Å². The molecule has 0 saturated carbocycles. The van der Waals surface area contributed by atoms with Gasteiger partial charge in [0.2, 0.25) is 0 Å². The summed E-state index contributed by atoms with van der Waals surface area (Å²) >= 11 is 0. The van der Waals surface area contributed by atoms with Gasteiger partial charge in [-0.3, -0.25) is 4.72 Å². The second kappa shape index (κ2) is 5.77. The first kappa shape index (κ1) is 15.1. The highest BCUT2D eigenvalue weighted by Gasteiger charge is 2.25. The van der Waals surface area contributed by atoms with Crippen LogP contribution < -0.4 is 15.2 Å². The molecular weight excluding hydrogens is 304 g/mol. The number of rotatable bonds is 3. The molecule has 1 fully saturated rings. The van der Waals surface area contributed by atoms with Crippen molar-refractivity contribution >= 4 is 21.7 Å². The van der Waals surface area contributed by atoms with Gasteiger partial charge in [0, 0.05) is 12.5 Å². The largest absolute Gasteiger partial charge is 0.492 e. The molecule has 0 spiro atoms. The summed E-state index contributed by atoms with van der Waals surface area (Å²) in [4.78, 5) is 2.29. The van der Waals surface area contributed by atoms with Gasteiger partial charge in [-0.1, -0.05) is 6.07 Å². The van der Waals surface area contributed by atoms with Crippen molar-refractivity contribution in [2.24, 2.45) is 16.0 Å². The summed E-state index contributed by atoms with van der Waals surface area (Å²) in [6.07, 6.45) is 2.30. The predicted molar refractivity (Wildman–Crippen MR) is 85.4 cm³/mol. The third kappa shape index (κ3) is 3.17. The van der Waals surface area contributed by atoms with Gasteiger partial charge in [0.1, 0.15) is 5.75 Å². The molecule has 2 aliphatic heterocycles. The molecule has 1 saturated heterocycles. The van der Waals surface area contributed by atoms with Crippen LogP contribution in [0.5, 0.6) is 5.75 Å². The van der Waals surface area contributed by atoms with E-state index in [1.54, 1.807) is 18.2 Å². The lowest BCUT2D eigenvalue weighted by molar-refractivity contribution is 0.150. The predicted octanol–water partition coefficient (Wildman–Crippen LogP) is 0.783. The summed E-state index contributed by atoms with van der Waals surface area (Å²) in [7, 11) is -1.65. The van der Waals surface area contributed by atoms with Crippen LogP contribution in [0.4, 0.5) is 5.69 Å². The number of ether oxygens (including phenoxy) is 1. The van der Waals surface area contributed by atoms with Crippen molar-refractivity contribution in [3.63, 3.8) is 0 Å². The van der Waals surface area contributed by atoms with Crippen molar-refractivity contribution in [3.8, 4) is 5.75 Å². The zero-order valence-corrected chi connectivity index (χ0v) is 13.3. The van der Waals surface area contributed by atoms with E-state index in [1.165, 1.54) is 6.42 Å². The van der Waals surface area contributed by atoms with Gasteiger partial charge in [-0.05, 0) is 38.6 Å². The SMILES string of the molecule is CN1CCCC(COc2cccc3c2C(N)=NS(=O)(=O)N3)C1. The normalized spacial score (nSPS) is 24.0. The van der Waals surface area contributed by atoms with E-state index in [-0.39, 0.29) is 5.84 Å². The van der Waals surface area contributed by atoms with Crippen LogP contribution in [0.15, 0.2) is 22.6 Å². The number of fused-ring (bicyclic) bond motifs is 1. The van der Waals surface area contributed by atoms with E-state index in [1.807, 2.05) is 0 Å². The molecule has 2 heterocycles. The number of likely N-dealkylation sites (tertiary alicyclic amines) is 1. The fraction of sp³-hybridized carbons (Fsp3) is 0.500. The number of benzene rings is 1. The maximum atomic E-state index is 11.6. The van der Waals surface area contributed by atoms with Crippen molar-refractivity contribution in [1.82, 2.24) is 4.90 Å². The molecule has 0 radical (unpaired) electrons. The topological polar surface area (TPSA) is 97.0 Å². The molecule has 22 heavy (non-hydrogen) atoms. The molecule has 0 bridgehead atoms. The van der Waals surface area contributed by atoms with Gasteiger partial charge in [-0.15, -0.1) is 4.40 Å². The Morgan fingerprint density at radius 2 is 2.32 bits per heavy atom. The quantitative estimate of drug-likeness (QED) is 0.856. The molecule has 8 heteroatoms. The summed E-state index contributed by atoms with van der Waals surface area (Å²) in [5.74, 6) is 0.993. The first-order valence-corrected chi connectivity index (χ1v) is 8.71. The molecule has 1 unspecified atom stereocenters. The molecule has 0 amide bonds. The highest BCUT2D eigenvalue weighted by molar-refractivity contribution is 7.91. The number of nitrogens with one attached hydrogen (secondary N) is 1. The smallest absolute Gasteiger partial charge is 0.344 e. The minimum absolute atomic E-state index is 0.0369. The Bertz CT molecular complexity index is 702. The molecule has 3 rings (SSSR count). The average Bonchev–Trinajstić information content (AvgIpc) is 2.43.